The number of esters is 2. The van der Waals surface area contributed by atoms with Crippen molar-refractivity contribution in [2.24, 2.45) is 11.8 Å². The number of rotatable bonds is 24. The Hall–Kier alpha value is -2.12. The average Bonchev–Trinajstić information content (AvgIpc) is 2.86. The Morgan fingerprint density at radius 2 is 0.897 bits per heavy atom. The molecule has 0 aromatic rings. The van der Waals surface area contributed by atoms with Crippen LogP contribution in [0.15, 0.2) is 0 Å². The minimum Gasteiger partial charge on any atom is -0.464 e. The number of carbonyl (C=O) groups is 4. The van der Waals surface area contributed by atoms with E-state index in [9.17, 15) is 19.2 Å². The van der Waals surface area contributed by atoms with Crippen LogP contribution in [0.25, 0.3) is 0 Å². The molecule has 0 aromatic carbocycles. The fourth-order valence-electron chi connectivity index (χ4n) is 4.29. The molecule has 0 saturated carbocycles. The van der Waals surface area contributed by atoms with Gasteiger partial charge in [-0.25, -0.2) is 9.59 Å². The molecular formula is C31H58N2O6. The highest BCUT2D eigenvalue weighted by Gasteiger charge is 2.25. The predicted molar refractivity (Wildman–Crippen MR) is 156 cm³/mol. The van der Waals surface area contributed by atoms with Crippen molar-refractivity contribution < 1.29 is 28.7 Å². The third-order valence-electron chi connectivity index (χ3n) is 6.45. The number of hydrogen-bond acceptors (Lipinski definition) is 6. The Balaban J connectivity index is 4.49. The van der Waals surface area contributed by atoms with Gasteiger partial charge in [-0.2, -0.15) is 0 Å². The molecule has 0 radical (unpaired) electrons. The number of nitrogens with one attached hydrogen (secondary N) is 2. The van der Waals surface area contributed by atoms with Gasteiger partial charge in [0.25, 0.3) is 0 Å². The van der Waals surface area contributed by atoms with Crippen LogP contribution in [0, 0.1) is 11.8 Å². The monoisotopic (exact) mass is 554 g/mol. The molecule has 39 heavy (non-hydrogen) atoms. The summed E-state index contributed by atoms with van der Waals surface area (Å²) >= 11 is 0. The molecule has 0 aromatic heterocycles. The first-order valence-corrected chi connectivity index (χ1v) is 15.5. The molecule has 0 aliphatic rings. The highest BCUT2D eigenvalue weighted by molar-refractivity contribution is 5.85. The lowest BCUT2D eigenvalue weighted by Gasteiger charge is -2.20. The van der Waals surface area contributed by atoms with Crippen LogP contribution in [0.1, 0.15) is 138 Å². The smallest absolute Gasteiger partial charge is 0.328 e. The fourth-order valence-corrected chi connectivity index (χ4v) is 4.29. The van der Waals surface area contributed by atoms with Crippen molar-refractivity contribution in [3.63, 3.8) is 0 Å². The van der Waals surface area contributed by atoms with Gasteiger partial charge in [-0.15, -0.1) is 0 Å². The normalized spacial score (nSPS) is 12.7. The van der Waals surface area contributed by atoms with Gasteiger partial charge in [-0.1, -0.05) is 92.9 Å². The number of carbonyl (C=O) groups excluding carboxylic acids is 4. The standard InChI is InChI=1S/C31H58N2O6/c1-7-9-11-13-15-18-28(34)32-26(22-24(3)4)30(36)38-20-17-21-39-31(37)27(23-25(5)6)33-29(35)19-16-14-12-10-8-2/h24-27H,7-23H2,1-6H3,(H,32,34)(H,33,35). The molecule has 0 fully saturated rings. The maximum atomic E-state index is 12.6. The molecule has 0 aliphatic carbocycles. The molecule has 8 heteroatoms. The summed E-state index contributed by atoms with van der Waals surface area (Å²) in [5.41, 5.74) is 0. The Morgan fingerprint density at radius 3 is 1.23 bits per heavy atom. The minimum absolute atomic E-state index is 0.0898. The zero-order valence-electron chi connectivity index (χ0n) is 25.8. The van der Waals surface area contributed by atoms with Gasteiger partial charge in [0.05, 0.1) is 13.2 Å². The Kier molecular flexibility index (Phi) is 22.5. The third-order valence-corrected chi connectivity index (χ3v) is 6.45. The summed E-state index contributed by atoms with van der Waals surface area (Å²) in [5.74, 6) is -0.725. The Morgan fingerprint density at radius 1 is 0.538 bits per heavy atom. The summed E-state index contributed by atoms with van der Waals surface area (Å²) in [7, 11) is 0. The van der Waals surface area contributed by atoms with Crippen molar-refractivity contribution in [3.05, 3.63) is 0 Å². The zero-order valence-corrected chi connectivity index (χ0v) is 25.8. The molecule has 2 N–H and O–H groups in total. The van der Waals surface area contributed by atoms with Gasteiger partial charge >= 0.3 is 11.9 Å². The molecule has 0 saturated heterocycles. The number of amides is 2. The summed E-state index contributed by atoms with van der Waals surface area (Å²) < 4.78 is 10.8. The minimum atomic E-state index is -0.678. The second-order valence-corrected chi connectivity index (χ2v) is 11.5. The second-order valence-electron chi connectivity index (χ2n) is 11.5. The van der Waals surface area contributed by atoms with E-state index in [2.05, 4.69) is 24.5 Å². The van der Waals surface area contributed by atoms with Crippen molar-refractivity contribution in [2.75, 3.05) is 13.2 Å². The van der Waals surface area contributed by atoms with Crippen LogP contribution in [0.3, 0.4) is 0 Å². The van der Waals surface area contributed by atoms with Gasteiger partial charge in [0.2, 0.25) is 11.8 Å². The lowest BCUT2D eigenvalue weighted by Crippen LogP contribution is -2.43. The van der Waals surface area contributed by atoms with Crippen molar-refractivity contribution in [1.82, 2.24) is 10.6 Å². The van der Waals surface area contributed by atoms with Crippen molar-refractivity contribution in [1.29, 1.82) is 0 Å². The Bertz CT molecular complexity index is 624. The summed E-state index contributed by atoms with van der Waals surface area (Å²) in [6.45, 7) is 12.5. The van der Waals surface area contributed by atoms with E-state index in [0.717, 1.165) is 51.4 Å². The molecule has 8 nitrogen and oxygen atoms in total. The van der Waals surface area contributed by atoms with Crippen LogP contribution < -0.4 is 10.6 Å². The van der Waals surface area contributed by atoms with Gasteiger partial charge in [-0.05, 0) is 37.5 Å². The molecule has 228 valence electrons. The van der Waals surface area contributed by atoms with E-state index in [4.69, 9.17) is 9.47 Å². The van der Waals surface area contributed by atoms with Crippen molar-refractivity contribution >= 4 is 23.8 Å². The van der Waals surface area contributed by atoms with Gasteiger partial charge < -0.3 is 20.1 Å². The highest BCUT2D eigenvalue weighted by atomic mass is 16.5. The second kappa shape index (κ2) is 23.7. The summed E-state index contributed by atoms with van der Waals surface area (Å²) in [6.07, 6.45) is 12.7. The Labute approximate surface area is 238 Å². The molecule has 2 amide bonds. The first-order valence-electron chi connectivity index (χ1n) is 15.5. The van der Waals surface area contributed by atoms with E-state index >= 15 is 0 Å². The zero-order chi connectivity index (χ0) is 29.5. The quantitative estimate of drug-likeness (QED) is 0.108. The number of ether oxygens (including phenoxy) is 2. The van der Waals surface area contributed by atoms with Crippen molar-refractivity contribution in [3.8, 4) is 0 Å². The van der Waals surface area contributed by atoms with Gasteiger partial charge in [0.1, 0.15) is 12.1 Å². The van der Waals surface area contributed by atoms with E-state index in [1.807, 2.05) is 27.7 Å². The van der Waals surface area contributed by atoms with Crippen LogP contribution in [-0.4, -0.2) is 49.1 Å². The van der Waals surface area contributed by atoms with Gasteiger partial charge in [0.15, 0.2) is 0 Å². The molecule has 2 atom stereocenters. The molecular weight excluding hydrogens is 496 g/mol. The maximum Gasteiger partial charge on any atom is 0.328 e. The van der Waals surface area contributed by atoms with Crippen LogP contribution in [0.4, 0.5) is 0 Å². The average molecular weight is 555 g/mol. The van der Waals surface area contributed by atoms with Gasteiger partial charge in [-0.3, -0.25) is 9.59 Å². The fraction of sp³-hybridized carbons (Fsp3) is 0.871. The first kappa shape index (κ1) is 36.9. The molecule has 0 heterocycles. The van der Waals surface area contributed by atoms with Gasteiger partial charge in [0, 0.05) is 19.3 Å². The summed E-state index contributed by atoms with van der Waals surface area (Å²) in [5, 5.41) is 5.67. The topological polar surface area (TPSA) is 111 Å². The first-order chi connectivity index (χ1) is 18.6. The van der Waals surface area contributed by atoms with Crippen LogP contribution in [-0.2, 0) is 28.7 Å². The van der Waals surface area contributed by atoms with Crippen molar-refractivity contribution in [2.45, 2.75) is 150 Å². The van der Waals surface area contributed by atoms with Crippen LogP contribution >= 0.6 is 0 Å². The van der Waals surface area contributed by atoms with E-state index < -0.39 is 24.0 Å². The molecule has 0 aliphatic heterocycles. The van der Waals surface area contributed by atoms with E-state index in [0.29, 0.717) is 32.1 Å². The van der Waals surface area contributed by atoms with E-state index in [1.165, 1.54) is 12.8 Å². The third kappa shape index (κ3) is 21.4. The molecule has 0 rings (SSSR count). The van der Waals surface area contributed by atoms with Crippen LogP contribution in [0.5, 0.6) is 0 Å². The number of unbranched alkanes of at least 4 members (excludes halogenated alkanes) is 8. The summed E-state index contributed by atoms with van der Waals surface area (Å²) in [4.78, 5) is 49.9. The largest absolute Gasteiger partial charge is 0.464 e. The molecule has 0 bridgehead atoms. The lowest BCUT2D eigenvalue weighted by molar-refractivity contribution is -0.151. The number of hydrogen-bond donors (Lipinski definition) is 2. The molecule has 0 spiro atoms. The lowest BCUT2D eigenvalue weighted by atomic mass is 10.0. The summed E-state index contributed by atoms with van der Waals surface area (Å²) in [6, 6.07) is -1.36. The highest BCUT2D eigenvalue weighted by Crippen LogP contribution is 2.11. The predicted octanol–water partition coefficient (Wildman–Crippen LogP) is 6.25. The molecule has 2 unspecified atom stereocenters. The SMILES string of the molecule is CCCCCCCC(=O)NC(CC(C)C)C(=O)OCCCOC(=O)C(CC(C)C)NC(=O)CCCCCCC. The van der Waals surface area contributed by atoms with Crippen LogP contribution in [0.2, 0.25) is 0 Å². The van der Waals surface area contributed by atoms with E-state index in [-0.39, 0.29) is 36.9 Å². The maximum absolute atomic E-state index is 12.6. The van der Waals surface area contributed by atoms with E-state index in [1.54, 1.807) is 0 Å².